The number of nitrogens with zero attached hydrogens (tertiary/aromatic N) is 4. The van der Waals surface area contributed by atoms with Gasteiger partial charge in [-0.2, -0.15) is 5.10 Å². The Kier molecular flexibility index (Phi) is 8.62. The number of aliphatic carboxylic acids is 1. The third-order valence-corrected chi connectivity index (χ3v) is 4.38. The van der Waals surface area contributed by atoms with Crippen LogP contribution in [0.4, 0.5) is 5.82 Å². The Morgan fingerprint density at radius 3 is 2.75 bits per heavy atom. The average Bonchev–Trinajstić information content (AvgIpc) is 3.07. The minimum atomic E-state index is -0.833. The van der Waals surface area contributed by atoms with E-state index in [1.54, 1.807) is 24.2 Å². The highest BCUT2D eigenvalue weighted by Gasteiger charge is 2.27. The summed E-state index contributed by atoms with van der Waals surface area (Å²) in [4.78, 5) is 17.5. The standard InChI is InChI=1S/C16H22ClN5O2.C2H4O2/c1-22-9-11(7-19-22)12-8-18-16(17)21-15(12)20-13-5-3-4-6-14(13)24-10-23-2;1-2(3)4/h7-9,13-14H,3-6,10H2,1-2H3,(H,18,20,21);1H3,(H,3,4). The Labute approximate surface area is 169 Å². The average molecular weight is 412 g/mol. The van der Waals surface area contributed by atoms with Gasteiger partial charge in [0.25, 0.3) is 5.97 Å². The quantitative estimate of drug-likeness (QED) is 0.551. The summed E-state index contributed by atoms with van der Waals surface area (Å²) in [5.41, 5.74) is 1.82. The first-order valence-corrected chi connectivity index (χ1v) is 9.36. The maximum absolute atomic E-state index is 9.00. The molecule has 154 valence electrons. The number of aromatic nitrogens is 4. The molecule has 0 saturated heterocycles. The van der Waals surface area contributed by atoms with Crippen LogP contribution >= 0.6 is 11.6 Å². The molecule has 0 aromatic carbocycles. The van der Waals surface area contributed by atoms with E-state index in [1.165, 1.54) is 0 Å². The van der Waals surface area contributed by atoms with Gasteiger partial charge in [-0.15, -0.1) is 0 Å². The van der Waals surface area contributed by atoms with E-state index in [0.29, 0.717) is 12.6 Å². The van der Waals surface area contributed by atoms with Crippen LogP contribution < -0.4 is 5.32 Å². The molecule has 1 fully saturated rings. The van der Waals surface area contributed by atoms with Crippen LogP contribution in [0.3, 0.4) is 0 Å². The van der Waals surface area contributed by atoms with Crippen LogP contribution in [0, 0.1) is 0 Å². The van der Waals surface area contributed by atoms with E-state index in [0.717, 1.165) is 43.7 Å². The molecule has 28 heavy (non-hydrogen) atoms. The van der Waals surface area contributed by atoms with Crippen LogP contribution in [0.2, 0.25) is 5.28 Å². The molecule has 0 spiro atoms. The predicted octanol–water partition coefficient (Wildman–Crippen LogP) is 2.97. The van der Waals surface area contributed by atoms with Crippen molar-refractivity contribution in [3.8, 4) is 11.1 Å². The van der Waals surface area contributed by atoms with Gasteiger partial charge in [0.05, 0.1) is 18.3 Å². The van der Waals surface area contributed by atoms with E-state index in [4.69, 9.17) is 31.0 Å². The molecule has 1 aliphatic rings. The van der Waals surface area contributed by atoms with E-state index >= 15 is 0 Å². The summed E-state index contributed by atoms with van der Waals surface area (Å²) in [6.45, 7) is 1.38. The van der Waals surface area contributed by atoms with E-state index in [2.05, 4.69) is 20.4 Å². The van der Waals surface area contributed by atoms with Gasteiger partial charge >= 0.3 is 0 Å². The van der Waals surface area contributed by atoms with Crippen LogP contribution in [0.5, 0.6) is 0 Å². The summed E-state index contributed by atoms with van der Waals surface area (Å²) >= 11 is 6.01. The van der Waals surface area contributed by atoms with Gasteiger partial charge in [0.15, 0.2) is 0 Å². The molecule has 2 aromatic rings. The summed E-state index contributed by atoms with van der Waals surface area (Å²) < 4.78 is 12.6. The fraction of sp³-hybridized carbons (Fsp3) is 0.556. The molecule has 3 rings (SSSR count). The summed E-state index contributed by atoms with van der Waals surface area (Å²) in [6, 6.07) is 0.162. The summed E-state index contributed by atoms with van der Waals surface area (Å²) in [6.07, 6.45) is 9.87. The van der Waals surface area contributed by atoms with Crippen LogP contribution in [0.25, 0.3) is 11.1 Å². The maximum Gasteiger partial charge on any atom is 0.300 e. The molecular weight excluding hydrogens is 386 g/mol. The monoisotopic (exact) mass is 411 g/mol. The summed E-state index contributed by atoms with van der Waals surface area (Å²) in [5.74, 6) is -0.124. The molecule has 0 radical (unpaired) electrons. The number of carbonyl (C=O) groups is 1. The highest BCUT2D eigenvalue weighted by atomic mass is 35.5. The number of ether oxygens (including phenoxy) is 2. The van der Waals surface area contributed by atoms with Gasteiger partial charge in [0, 0.05) is 44.6 Å². The van der Waals surface area contributed by atoms with Crippen LogP contribution in [0.1, 0.15) is 32.6 Å². The van der Waals surface area contributed by atoms with Gasteiger partial charge in [-0.25, -0.2) is 9.97 Å². The fourth-order valence-corrected chi connectivity index (χ4v) is 3.17. The number of carboxylic acid groups (broad SMARTS) is 1. The van der Waals surface area contributed by atoms with Gasteiger partial charge in [-0.1, -0.05) is 12.8 Å². The topological polar surface area (TPSA) is 111 Å². The molecule has 9 nitrogen and oxygen atoms in total. The number of aryl methyl sites for hydroxylation is 1. The van der Waals surface area contributed by atoms with Gasteiger partial charge < -0.3 is 19.9 Å². The van der Waals surface area contributed by atoms with E-state index in [9.17, 15) is 0 Å². The lowest BCUT2D eigenvalue weighted by atomic mass is 9.92. The first kappa shape index (κ1) is 22.1. The van der Waals surface area contributed by atoms with Crippen molar-refractivity contribution < 1.29 is 19.4 Å². The molecule has 1 saturated carbocycles. The van der Waals surface area contributed by atoms with Crippen molar-refractivity contribution in [1.82, 2.24) is 19.7 Å². The number of methoxy groups -OCH3 is 1. The maximum atomic E-state index is 9.00. The number of hydrogen-bond acceptors (Lipinski definition) is 7. The number of nitrogens with one attached hydrogen (secondary N) is 1. The van der Waals surface area contributed by atoms with Crippen molar-refractivity contribution in [2.45, 2.75) is 44.8 Å². The fourth-order valence-electron chi connectivity index (χ4n) is 3.03. The van der Waals surface area contributed by atoms with Crippen molar-refractivity contribution in [3.63, 3.8) is 0 Å². The van der Waals surface area contributed by atoms with Gasteiger partial charge in [-0.3, -0.25) is 9.48 Å². The van der Waals surface area contributed by atoms with E-state index < -0.39 is 5.97 Å². The lowest BCUT2D eigenvalue weighted by molar-refractivity contribution is -0.134. The normalized spacial score (nSPS) is 18.9. The predicted molar refractivity (Wildman–Crippen MR) is 105 cm³/mol. The van der Waals surface area contributed by atoms with Gasteiger partial charge in [0.1, 0.15) is 12.6 Å². The molecule has 2 unspecified atom stereocenters. The van der Waals surface area contributed by atoms with Crippen LogP contribution in [-0.2, 0) is 21.3 Å². The second kappa shape index (κ2) is 10.9. The zero-order chi connectivity index (χ0) is 20.5. The Bertz CT molecular complexity index is 766. The van der Waals surface area contributed by atoms with Crippen molar-refractivity contribution in [1.29, 1.82) is 0 Å². The molecule has 0 aliphatic heterocycles. The van der Waals surface area contributed by atoms with Crippen molar-refractivity contribution in [3.05, 3.63) is 23.9 Å². The molecule has 2 N–H and O–H groups in total. The Hall–Kier alpha value is -2.23. The molecule has 0 bridgehead atoms. The Balaban J connectivity index is 0.000000640. The molecule has 10 heteroatoms. The van der Waals surface area contributed by atoms with Crippen LogP contribution in [0.15, 0.2) is 18.6 Å². The number of carboxylic acids is 1. The molecular formula is C18H26ClN5O4. The lowest BCUT2D eigenvalue weighted by Crippen LogP contribution is -2.39. The second-order valence-electron chi connectivity index (χ2n) is 6.47. The highest BCUT2D eigenvalue weighted by Crippen LogP contribution is 2.30. The number of rotatable bonds is 6. The minimum Gasteiger partial charge on any atom is -0.481 e. The Morgan fingerprint density at radius 1 is 1.39 bits per heavy atom. The third-order valence-electron chi connectivity index (χ3n) is 4.20. The minimum absolute atomic E-state index is 0.0918. The molecule has 2 atom stereocenters. The number of anilines is 1. The highest BCUT2D eigenvalue weighted by molar-refractivity contribution is 6.28. The first-order valence-electron chi connectivity index (χ1n) is 8.99. The van der Waals surface area contributed by atoms with E-state index in [-0.39, 0.29) is 17.4 Å². The molecule has 0 amide bonds. The molecule has 1 aliphatic carbocycles. The van der Waals surface area contributed by atoms with E-state index in [1.807, 2.05) is 13.2 Å². The van der Waals surface area contributed by atoms with Crippen molar-refractivity contribution in [2.75, 3.05) is 19.2 Å². The Morgan fingerprint density at radius 2 is 2.11 bits per heavy atom. The van der Waals surface area contributed by atoms with Crippen molar-refractivity contribution >= 4 is 23.4 Å². The van der Waals surface area contributed by atoms with Crippen molar-refractivity contribution in [2.24, 2.45) is 7.05 Å². The second-order valence-corrected chi connectivity index (χ2v) is 6.81. The third kappa shape index (κ3) is 6.74. The number of halogens is 1. The lowest BCUT2D eigenvalue weighted by Gasteiger charge is -2.32. The zero-order valence-corrected chi connectivity index (χ0v) is 17.0. The van der Waals surface area contributed by atoms with Gasteiger partial charge in [0.2, 0.25) is 5.28 Å². The molecule has 2 heterocycles. The largest absolute Gasteiger partial charge is 0.481 e. The first-order chi connectivity index (χ1) is 13.4. The summed E-state index contributed by atoms with van der Waals surface area (Å²) in [7, 11) is 3.51. The smallest absolute Gasteiger partial charge is 0.300 e. The van der Waals surface area contributed by atoms with Crippen LogP contribution in [-0.4, -0.2) is 56.9 Å². The number of hydrogen-bond donors (Lipinski definition) is 2. The van der Waals surface area contributed by atoms with Gasteiger partial charge in [-0.05, 0) is 24.4 Å². The summed E-state index contributed by atoms with van der Waals surface area (Å²) in [5, 5.41) is 15.4. The molecule has 2 aromatic heterocycles. The SMILES string of the molecule is CC(=O)O.COCOC1CCCCC1Nc1nc(Cl)ncc1-c1cnn(C)c1. The zero-order valence-electron chi connectivity index (χ0n) is 16.3.